The van der Waals surface area contributed by atoms with Crippen molar-refractivity contribution in [2.45, 2.75) is 11.0 Å². The third-order valence-electron chi connectivity index (χ3n) is 3.83. The molecule has 0 bridgehead atoms. The monoisotopic (exact) mass is 353 g/mol. The highest BCUT2D eigenvalue weighted by Gasteiger charge is 2.34. The van der Waals surface area contributed by atoms with Crippen LogP contribution in [0.5, 0.6) is 11.5 Å². The van der Waals surface area contributed by atoms with Gasteiger partial charge in [-0.3, -0.25) is 0 Å². The molecule has 1 fully saturated rings. The molecule has 2 aliphatic heterocycles. The van der Waals surface area contributed by atoms with Gasteiger partial charge in [-0.2, -0.15) is 9.52 Å². The molecule has 4 rings (SSSR count). The van der Waals surface area contributed by atoms with Crippen LogP contribution >= 0.6 is 0 Å². The molecular formula is C13H15N5O5S. The average molecular weight is 353 g/mol. The number of hydrogen-bond acceptors (Lipinski definition) is 8. The van der Waals surface area contributed by atoms with Crippen molar-refractivity contribution in [3.8, 4) is 11.5 Å². The second-order valence-electron chi connectivity index (χ2n) is 5.30. The summed E-state index contributed by atoms with van der Waals surface area (Å²) in [4.78, 5) is 0.153. The molecule has 1 aromatic heterocycles. The highest BCUT2D eigenvalue weighted by Crippen LogP contribution is 2.34. The Balaban J connectivity index is 1.60. The molecule has 0 radical (unpaired) electrons. The molecule has 0 spiro atoms. The molecule has 128 valence electrons. The second-order valence-corrected chi connectivity index (χ2v) is 7.24. The van der Waals surface area contributed by atoms with Crippen LogP contribution in [0.2, 0.25) is 0 Å². The van der Waals surface area contributed by atoms with E-state index in [1.54, 1.807) is 6.07 Å². The topological polar surface area (TPSA) is 120 Å². The van der Waals surface area contributed by atoms with E-state index >= 15 is 0 Å². The molecule has 1 unspecified atom stereocenters. The number of benzene rings is 1. The van der Waals surface area contributed by atoms with Crippen LogP contribution in [0.4, 0.5) is 0 Å². The summed E-state index contributed by atoms with van der Waals surface area (Å²) >= 11 is 0. The number of aromatic nitrogens is 4. The summed E-state index contributed by atoms with van der Waals surface area (Å²) in [7, 11) is -3.69. The van der Waals surface area contributed by atoms with Gasteiger partial charge in [0, 0.05) is 19.2 Å². The number of fused-ring (bicyclic) bond motifs is 1. The number of nitrogens with one attached hydrogen (secondary N) is 1. The number of sulfonamides is 1. The Labute approximate surface area is 137 Å². The largest absolute Gasteiger partial charge is 0.486 e. The van der Waals surface area contributed by atoms with Gasteiger partial charge < -0.3 is 14.2 Å². The van der Waals surface area contributed by atoms with Crippen LogP contribution in [0, 0.1) is 0 Å². The van der Waals surface area contributed by atoms with Gasteiger partial charge in [-0.1, -0.05) is 5.21 Å². The van der Waals surface area contributed by atoms with Gasteiger partial charge in [0.25, 0.3) is 0 Å². The fourth-order valence-electron chi connectivity index (χ4n) is 2.64. The summed E-state index contributed by atoms with van der Waals surface area (Å²) in [6, 6.07) is 4.61. The molecule has 24 heavy (non-hydrogen) atoms. The van der Waals surface area contributed by atoms with Gasteiger partial charge in [0.15, 0.2) is 11.5 Å². The Morgan fingerprint density at radius 1 is 1.17 bits per heavy atom. The number of H-pyrrole nitrogens is 1. The number of ether oxygens (including phenoxy) is 3. The van der Waals surface area contributed by atoms with E-state index in [2.05, 4.69) is 20.6 Å². The van der Waals surface area contributed by atoms with Crippen LogP contribution < -0.4 is 9.47 Å². The molecule has 2 aliphatic rings. The minimum atomic E-state index is -3.69. The Morgan fingerprint density at radius 2 is 2.00 bits per heavy atom. The summed E-state index contributed by atoms with van der Waals surface area (Å²) < 4.78 is 43.6. The van der Waals surface area contributed by atoms with Crippen LogP contribution in [-0.4, -0.2) is 66.3 Å². The number of tetrazole rings is 1. The fourth-order valence-corrected chi connectivity index (χ4v) is 4.08. The Morgan fingerprint density at radius 3 is 2.79 bits per heavy atom. The number of hydrogen-bond donors (Lipinski definition) is 1. The summed E-state index contributed by atoms with van der Waals surface area (Å²) in [5.41, 5.74) is 0. The predicted octanol–water partition coefficient (Wildman–Crippen LogP) is -0.267. The summed E-state index contributed by atoms with van der Waals surface area (Å²) in [6.45, 7) is 1.48. The zero-order valence-electron chi connectivity index (χ0n) is 12.6. The number of aromatic amines is 1. The maximum absolute atomic E-state index is 12.9. The minimum absolute atomic E-state index is 0.121. The van der Waals surface area contributed by atoms with Crippen molar-refractivity contribution in [2.24, 2.45) is 0 Å². The van der Waals surface area contributed by atoms with E-state index in [0.717, 1.165) is 0 Å². The zero-order valence-corrected chi connectivity index (χ0v) is 13.4. The van der Waals surface area contributed by atoms with E-state index in [9.17, 15) is 8.42 Å². The Bertz CT molecular complexity index is 825. The summed E-state index contributed by atoms with van der Waals surface area (Å²) in [5.74, 6) is 1.31. The molecule has 0 aliphatic carbocycles. The normalized spacial score (nSPS) is 21.6. The van der Waals surface area contributed by atoms with Gasteiger partial charge in [-0.25, -0.2) is 8.42 Å². The van der Waals surface area contributed by atoms with E-state index < -0.39 is 16.1 Å². The third kappa shape index (κ3) is 2.70. The molecule has 10 nitrogen and oxygen atoms in total. The van der Waals surface area contributed by atoms with Gasteiger partial charge in [0.05, 0.1) is 11.5 Å². The number of morpholine rings is 1. The molecule has 1 N–H and O–H groups in total. The highest BCUT2D eigenvalue weighted by molar-refractivity contribution is 7.89. The van der Waals surface area contributed by atoms with Crippen LogP contribution in [0.3, 0.4) is 0 Å². The SMILES string of the molecule is O=S(=O)(c1ccc2c(c1)OCCO2)N1CCOC(c2nn[nH]n2)C1. The van der Waals surface area contributed by atoms with Crippen molar-refractivity contribution in [1.82, 2.24) is 24.9 Å². The van der Waals surface area contributed by atoms with Crippen LogP contribution in [-0.2, 0) is 14.8 Å². The molecule has 2 aromatic rings. The predicted molar refractivity (Wildman–Crippen MR) is 79.1 cm³/mol. The summed E-state index contributed by atoms with van der Waals surface area (Å²) in [5, 5.41) is 13.5. The molecule has 1 aromatic carbocycles. The van der Waals surface area contributed by atoms with Gasteiger partial charge in [0.2, 0.25) is 15.8 Å². The van der Waals surface area contributed by atoms with Crippen molar-refractivity contribution in [3.63, 3.8) is 0 Å². The molecular weight excluding hydrogens is 338 g/mol. The molecule has 11 heteroatoms. The van der Waals surface area contributed by atoms with Crippen molar-refractivity contribution < 1.29 is 22.6 Å². The quantitative estimate of drug-likeness (QED) is 0.801. The van der Waals surface area contributed by atoms with Gasteiger partial charge in [-0.05, 0) is 12.1 Å². The van der Waals surface area contributed by atoms with Gasteiger partial charge in [-0.15, -0.1) is 10.2 Å². The minimum Gasteiger partial charge on any atom is -0.486 e. The van der Waals surface area contributed by atoms with E-state index in [1.807, 2.05) is 0 Å². The lowest BCUT2D eigenvalue weighted by molar-refractivity contribution is -0.00750. The molecule has 0 saturated carbocycles. The second kappa shape index (κ2) is 6.00. The number of nitrogens with zero attached hydrogens (tertiary/aromatic N) is 4. The first kappa shape index (κ1) is 15.3. The standard InChI is InChI=1S/C13H15N5O5S/c19-24(20,9-1-2-10-11(7-9)23-6-5-22-10)18-3-4-21-12(8-18)13-14-16-17-15-13/h1-2,7,12H,3-6,8H2,(H,14,15,16,17). The lowest BCUT2D eigenvalue weighted by Crippen LogP contribution is -2.42. The van der Waals surface area contributed by atoms with Crippen molar-refractivity contribution in [2.75, 3.05) is 32.9 Å². The molecule has 1 atom stereocenters. The van der Waals surface area contributed by atoms with Gasteiger partial charge in [0.1, 0.15) is 19.3 Å². The zero-order chi connectivity index (χ0) is 16.6. The maximum Gasteiger partial charge on any atom is 0.243 e. The Kier molecular flexibility index (Phi) is 3.82. The summed E-state index contributed by atoms with van der Waals surface area (Å²) in [6.07, 6.45) is -0.551. The lowest BCUT2D eigenvalue weighted by atomic mass is 10.3. The highest BCUT2D eigenvalue weighted by atomic mass is 32.2. The third-order valence-corrected chi connectivity index (χ3v) is 5.69. The molecule has 0 amide bonds. The average Bonchev–Trinajstić information content (AvgIpc) is 3.16. The Hall–Kier alpha value is -2.24. The molecule has 1 saturated heterocycles. The first-order valence-corrected chi connectivity index (χ1v) is 8.83. The van der Waals surface area contributed by atoms with E-state index in [4.69, 9.17) is 14.2 Å². The smallest absolute Gasteiger partial charge is 0.243 e. The fraction of sp³-hybridized carbons (Fsp3) is 0.462. The van der Waals surface area contributed by atoms with Crippen molar-refractivity contribution >= 4 is 10.0 Å². The van der Waals surface area contributed by atoms with Crippen LogP contribution in [0.1, 0.15) is 11.9 Å². The van der Waals surface area contributed by atoms with E-state index in [-0.39, 0.29) is 24.6 Å². The van der Waals surface area contributed by atoms with E-state index in [0.29, 0.717) is 30.5 Å². The van der Waals surface area contributed by atoms with Gasteiger partial charge >= 0.3 is 0 Å². The van der Waals surface area contributed by atoms with Crippen molar-refractivity contribution in [1.29, 1.82) is 0 Å². The van der Waals surface area contributed by atoms with Crippen molar-refractivity contribution in [3.05, 3.63) is 24.0 Å². The number of rotatable bonds is 3. The van der Waals surface area contributed by atoms with Crippen LogP contribution in [0.15, 0.2) is 23.1 Å². The maximum atomic E-state index is 12.9. The van der Waals surface area contributed by atoms with Crippen LogP contribution in [0.25, 0.3) is 0 Å². The first-order valence-electron chi connectivity index (χ1n) is 7.39. The molecule has 3 heterocycles. The van der Waals surface area contributed by atoms with E-state index in [1.165, 1.54) is 16.4 Å². The first-order chi connectivity index (χ1) is 11.6. The lowest BCUT2D eigenvalue weighted by Gasteiger charge is -2.30.